The van der Waals surface area contributed by atoms with Gasteiger partial charge in [-0.15, -0.1) is 0 Å². The van der Waals surface area contributed by atoms with Gasteiger partial charge in [-0.25, -0.2) is 0 Å². The smallest absolute Gasteiger partial charge is 0.223 e. The summed E-state index contributed by atoms with van der Waals surface area (Å²) in [6.07, 6.45) is 2.23. The number of amides is 2. The van der Waals surface area contributed by atoms with Crippen molar-refractivity contribution in [1.82, 2.24) is 10.2 Å². The van der Waals surface area contributed by atoms with Crippen molar-refractivity contribution >= 4 is 11.8 Å². The van der Waals surface area contributed by atoms with Crippen LogP contribution in [0.2, 0.25) is 0 Å². The average Bonchev–Trinajstić information content (AvgIpc) is 2.42. The highest BCUT2D eigenvalue weighted by molar-refractivity contribution is 5.79. The summed E-state index contributed by atoms with van der Waals surface area (Å²) in [6.45, 7) is 4.42. The van der Waals surface area contributed by atoms with E-state index in [4.69, 9.17) is 9.84 Å². The number of rotatable bonds is 7. The van der Waals surface area contributed by atoms with Gasteiger partial charge < -0.3 is 20.1 Å². The molecule has 6 nitrogen and oxygen atoms in total. The molecular weight excluding hydrogens is 248 g/mol. The summed E-state index contributed by atoms with van der Waals surface area (Å²) in [7, 11) is 0. The number of carbonyl (C=O) groups excluding carboxylic acids is 2. The van der Waals surface area contributed by atoms with Crippen LogP contribution >= 0.6 is 0 Å². The van der Waals surface area contributed by atoms with Gasteiger partial charge >= 0.3 is 0 Å². The predicted octanol–water partition coefficient (Wildman–Crippen LogP) is -0.240. The van der Waals surface area contributed by atoms with Gasteiger partial charge in [0.1, 0.15) is 0 Å². The van der Waals surface area contributed by atoms with Gasteiger partial charge in [-0.05, 0) is 19.3 Å². The molecule has 2 N–H and O–H groups in total. The van der Waals surface area contributed by atoms with E-state index in [-0.39, 0.29) is 24.3 Å². The van der Waals surface area contributed by atoms with Crippen molar-refractivity contribution in [2.75, 3.05) is 39.5 Å². The van der Waals surface area contributed by atoms with Crippen molar-refractivity contribution in [2.45, 2.75) is 26.2 Å². The SMILES string of the molecule is CC(=O)N1CCC(C(=O)NCCCOCCO)CC1. The number of nitrogens with zero attached hydrogens (tertiary/aromatic N) is 1. The normalized spacial score (nSPS) is 16.4. The van der Waals surface area contributed by atoms with E-state index in [1.54, 1.807) is 11.8 Å². The van der Waals surface area contributed by atoms with Crippen LogP contribution in [0.5, 0.6) is 0 Å². The third kappa shape index (κ3) is 6.02. The number of carbonyl (C=O) groups is 2. The first-order valence-corrected chi connectivity index (χ1v) is 6.87. The Morgan fingerprint density at radius 2 is 2.00 bits per heavy atom. The standard InChI is InChI=1S/C13H24N2O4/c1-11(17)15-6-3-12(4-7-15)13(18)14-5-2-9-19-10-8-16/h12,16H,2-10H2,1H3,(H,14,18). The molecule has 0 saturated carbocycles. The summed E-state index contributed by atoms with van der Waals surface area (Å²) in [5, 5.41) is 11.4. The molecule has 1 saturated heterocycles. The molecule has 0 aromatic carbocycles. The summed E-state index contributed by atoms with van der Waals surface area (Å²) < 4.78 is 5.11. The molecule has 0 atom stereocenters. The molecule has 0 unspecified atom stereocenters. The van der Waals surface area contributed by atoms with Crippen molar-refractivity contribution in [3.05, 3.63) is 0 Å². The molecule has 0 bridgehead atoms. The van der Waals surface area contributed by atoms with Crippen molar-refractivity contribution in [3.8, 4) is 0 Å². The van der Waals surface area contributed by atoms with Crippen LogP contribution in [0.4, 0.5) is 0 Å². The minimum Gasteiger partial charge on any atom is -0.394 e. The van der Waals surface area contributed by atoms with Gasteiger partial charge in [-0.1, -0.05) is 0 Å². The zero-order valence-corrected chi connectivity index (χ0v) is 11.6. The van der Waals surface area contributed by atoms with Crippen molar-refractivity contribution in [3.63, 3.8) is 0 Å². The quantitative estimate of drug-likeness (QED) is 0.627. The lowest BCUT2D eigenvalue weighted by atomic mass is 9.96. The van der Waals surface area contributed by atoms with E-state index < -0.39 is 0 Å². The van der Waals surface area contributed by atoms with Crippen LogP contribution in [-0.2, 0) is 14.3 Å². The van der Waals surface area contributed by atoms with Gasteiger partial charge in [0.15, 0.2) is 0 Å². The molecule has 110 valence electrons. The first-order chi connectivity index (χ1) is 9.15. The maximum Gasteiger partial charge on any atom is 0.223 e. The topological polar surface area (TPSA) is 78.9 Å². The molecule has 1 aliphatic rings. The molecule has 0 aliphatic carbocycles. The number of likely N-dealkylation sites (tertiary alicyclic amines) is 1. The third-order valence-electron chi connectivity index (χ3n) is 3.31. The molecule has 0 aromatic heterocycles. The molecule has 1 rings (SSSR count). The monoisotopic (exact) mass is 272 g/mol. The van der Waals surface area contributed by atoms with Gasteiger partial charge in [0.05, 0.1) is 13.2 Å². The molecule has 0 radical (unpaired) electrons. The Labute approximate surface area is 114 Å². The van der Waals surface area contributed by atoms with E-state index in [0.717, 1.165) is 19.3 Å². The van der Waals surface area contributed by atoms with Crippen molar-refractivity contribution in [1.29, 1.82) is 0 Å². The van der Waals surface area contributed by atoms with Gasteiger partial charge in [0, 0.05) is 39.1 Å². The first kappa shape index (κ1) is 15.9. The van der Waals surface area contributed by atoms with Gasteiger partial charge in [0.2, 0.25) is 11.8 Å². The van der Waals surface area contributed by atoms with Crippen LogP contribution in [0.15, 0.2) is 0 Å². The number of aliphatic hydroxyl groups excluding tert-OH is 1. The number of nitrogens with one attached hydrogen (secondary N) is 1. The summed E-state index contributed by atoms with van der Waals surface area (Å²) in [6, 6.07) is 0. The van der Waals surface area contributed by atoms with E-state index in [1.165, 1.54) is 0 Å². The van der Waals surface area contributed by atoms with E-state index in [0.29, 0.717) is 32.8 Å². The van der Waals surface area contributed by atoms with Crippen molar-refractivity contribution < 1.29 is 19.4 Å². The van der Waals surface area contributed by atoms with E-state index in [1.807, 2.05) is 0 Å². The lowest BCUT2D eigenvalue weighted by Gasteiger charge is -2.30. The van der Waals surface area contributed by atoms with Crippen LogP contribution in [-0.4, -0.2) is 61.3 Å². The molecule has 0 spiro atoms. The number of ether oxygens (including phenoxy) is 1. The van der Waals surface area contributed by atoms with Crippen molar-refractivity contribution in [2.24, 2.45) is 5.92 Å². The zero-order valence-electron chi connectivity index (χ0n) is 11.6. The minimum atomic E-state index is 0.0222. The molecule has 0 aromatic rings. The van der Waals surface area contributed by atoms with Gasteiger partial charge in [0.25, 0.3) is 0 Å². The Kier molecular flexibility index (Phi) is 7.43. The van der Waals surface area contributed by atoms with Gasteiger partial charge in [-0.2, -0.15) is 0 Å². The lowest BCUT2D eigenvalue weighted by Crippen LogP contribution is -2.42. The number of hydrogen-bond acceptors (Lipinski definition) is 4. The number of piperidine rings is 1. The first-order valence-electron chi connectivity index (χ1n) is 6.87. The van der Waals surface area contributed by atoms with Crippen LogP contribution in [0.3, 0.4) is 0 Å². The molecule has 19 heavy (non-hydrogen) atoms. The second-order valence-electron chi connectivity index (χ2n) is 4.76. The Balaban J connectivity index is 2.09. The molecule has 6 heteroatoms. The largest absolute Gasteiger partial charge is 0.394 e. The van der Waals surface area contributed by atoms with E-state index in [2.05, 4.69) is 5.32 Å². The second-order valence-corrected chi connectivity index (χ2v) is 4.76. The Morgan fingerprint density at radius 3 is 2.58 bits per heavy atom. The van der Waals surface area contributed by atoms with Crippen LogP contribution in [0.1, 0.15) is 26.2 Å². The second kappa shape index (κ2) is 8.87. The molecular formula is C13H24N2O4. The average molecular weight is 272 g/mol. The molecule has 1 aliphatic heterocycles. The van der Waals surface area contributed by atoms with E-state index >= 15 is 0 Å². The van der Waals surface area contributed by atoms with Gasteiger partial charge in [-0.3, -0.25) is 9.59 Å². The summed E-state index contributed by atoms with van der Waals surface area (Å²) in [4.78, 5) is 24.8. The third-order valence-corrected chi connectivity index (χ3v) is 3.31. The fraction of sp³-hybridized carbons (Fsp3) is 0.846. The highest BCUT2D eigenvalue weighted by Gasteiger charge is 2.25. The van der Waals surface area contributed by atoms with Crippen LogP contribution in [0, 0.1) is 5.92 Å². The zero-order chi connectivity index (χ0) is 14.1. The molecule has 1 heterocycles. The molecule has 2 amide bonds. The fourth-order valence-corrected chi connectivity index (χ4v) is 2.15. The highest BCUT2D eigenvalue weighted by atomic mass is 16.5. The lowest BCUT2D eigenvalue weighted by molar-refractivity contribution is -0.133. The Bertz CT molecular complexity index is 288. The van der Waals surface area contributed by atoms with Crippen LogP contribution in [0.25, 0.3) is 0 Å². The van der Waals surface area contributed by atoms with Crippen LogP contribution < -0.4 is 5.32 Å². The summed E-state index contributed by atoms with van der Waals surface area (Å²) in [5.74, 6) is 0.180. The maximum absolute atomic E-state index is 11.9. The Hall–Kier alpha value is -1.14. The number of aliphatic hydroxyl groups is 1. The minimum absolute atomic E-state index is 0.0222. The summed E-state index contributed by atoms with van der Waals surface area (Å²) >= 11 is 0. The maximum atomic E-state index is 11.9. The number of hydrogen-bond donors (Lipinski definition) is 2. The fourth-order valence-electron chi connectivity index (χ4n) is 2.15. The predicted molar refractivity (Wildman–Crippen MR) is 70.5 cm³/mol. The van der Waals surface area contributed by atoms with E-state index in [9.17, 15) is 9.59 Å². The summed E-state index contributed by atoms with van der Waals surface area (Å²) in [5.41, 5.74) is 0. The highest BCUT2D eigenvalue weighted by Crippen LogP contribution is 2.17. The molecule has 1 fully saturated rings. The Morgan fingerprint density at radius 1 is 1.32 bits per heavy atom.